The van der Waals surface area contributed by atoms with Gasteiger partial charge in [-0.3, -0.25) is 0 Å². The standard InChI is InChI=1S/C13H16ClNOS/c1-4-15-12(13-11(14)5-6-17-13)10-7-8(2)16-9(10)3/h5-7,12,15H,4H2,1-3H3. The van der Waals surface area contributed by atoms with E-state index in [4.69, 9.17) is 16.0 Å². The Bertz CT molecular complexity index is 503. The molecule has 17 heavy (non-hydrogen) atoms. The van der Waals surface area contributed by atoms with Crippen molar-refractivity contribution in [2.24, 2.45) is 0 Å². The fraction of sp³-hybridized carbons (Fsp3) is 0.385. The zero-order valence-corrected chi connectivity index (χ0v) is 11.8. The number of nitrogens with one attached hydrogen (secondary N) is 1. The van der Waals surface area contributed by atoms with E-state index < -0.39 is 0 Å². The summed E-state index contributed by atoms with van der Waals surface area (Å²) in [6, 6.07) is 4.15. The third kappa shape index (κ3) is 2.57. The van der Waals surface area contributed by atoms with Gasteiger partial charge in [0.15, 0.2) is 0 Å². The second-order valence-electron chi connectivity index (χ2n) is 3.99. The quantitative estimate of drug-likeness (QED) is 0.895. The zero-order valence-electron chi connectivity index (χ0n) is 10.2. The van der Waals surface area contributed by atoms with E-state index in [1.54, 1.807) is 11.3 Å². The molecular weight excluding hydrogens is 254 g/mol. The third-order valence-electron chi connectivity index (χ3n) is 2.71. The van der Waals surface area contributed by atoms with E-state index >= 15 is 0 Å². The van der Waals surface area contributed by atoms with Crippen LogP contribution in [0.3, 0.4) is 0 Å². The number of aryl methyl sites for hydroxylation is 2. The summed E-state index contributed by atoms with van der Waals surface area (Å²) in [5.74, 6) is 1.89. The molecule has 0 spiro atoms. The fourth-order valence-electron chi connectivity index (χ4n) is 2.00. The number of furan rings is 1. The molecule has 0 radical (unpaired) electrons. The van der Waals surface area contributed by atoms with Crippen LogP contribution in [0.4, 0.5) is 0 Å². The molecule has 0 fully saturated rings. The smallest absolute Gasteiger partial charge is 0.106 e. The first kappa shape index (κ1) is 12.7. The van der Waals surface area contributed by atoms with Crippen LogP contribution in [0.1, 0.15) is 34.9 Å². The summed E-state index contributed by atoms with van der Waals surface area (Å²) in [6.07, 6.45) is 0. The van der Waals surface area contributed by atoms with Crippen LogP contribution in [0.25, 0.3) is 0 Å². The van der Waals surface area contributed by atoms with Gasteiger partial charge in [-0.15, -0.1) is 11.3 Å². The number of hydrogen-bond acceptors (Lipinski definition) is 3. The van der Waals surface area contributed by atoms with Crippen LogP contribution in [0.2, 0.25) is 5.02 Å². The molecule has 2 aromatic heterocycles. The van der Waals surface area contributed by atoms with E-state index in [2.05, 4.69) is 18.3 Å². The van der Waals surface area contributed by atoms with Gasteiger partial charge >= 0.3 is 0 Å². The minimum atomic E-state index is 0.130. The molecule has 1 unspecified atom stereocenters. The van der Waals surface area contributed by atoms with Gasteiger partial charge in [-0.05, 0) is 37.9 Å². The second kappa shape index (κ2) is 5.25. The minimum absolute atomic E-state index is 0.130. The van der Waals surface area contributed by atoms with E-state index in [1.165, 1.54) is 5.56 Å². The van der Waals surface area contributed by atoms with Crippen molar-refractivity contribution < 1.29 is 4.42 Å². The molecule has 0 saturated heterocycles. The lowest BCUT2D eigenvalue weighted by Crippen LogP contribution is -2.21. The Morgan fingerprint density at radius 2 is 2.24 bits per heavy atom. The summed E-state index contributed by atoms with van der Waals surface area (Å²) in [4.78, 5) is 1.15. The van der Waals surface area contributed by atoms with Gasteiger partial charge in [0.2, 0.25) is 0 Å². The van der Waals surface area contributed by atoms with Gasteiger partial charge in [-0.1, -0.05) is 18.5 Å². The average molecular weight is 270 g/mol. The maximum atomic E-state index is 6.22. The lowest BCUT2D eigenvalue weighted by atomic mass is 10.1. The minimum Gasteiger partial charge on any atom is -0.466 e. The van der Waals surface area contributed by atoms with Gasteiger partial charge in [-0.25, -0.2) is 0 Å². The predicted octanol–water partition coefficient (Wildman–Crippen LogP) is 4.31. The molecule has 2 nitrogen and oxygen atoms in total. The van der Waals surface area contributed by atoms with Crippen LogP contribution in [0.15, 0.2) is 21.9 Å². The van der Waals surface area contributed by atoms with Crippen molar-refractivity contribution in [3.8, 4) is 0 Å². The number of thiophene rings is 1. The Labute approximate surface area is 111 Å². The average Bonchev–Trinajstić information content (AvgIpc) is 2.82. The monoisotopic (exact) mass is 269 g/mol. The summed E-state index contributed by atoms with van der Waals surface area (Å²) >= 11 is 7.89. The lowest BCUT2D eigenvalue weighted by molar-refractivity contribution is 0.495. The van der Waals surface area contributed by atoms with Crippen LogP contribution >= 0.6 is 22.9 Å². The molecule has 1 atom stereocenters. The largest absolute Gasteiger partial charge is 0.466 e. The molecule has 0 aromatic carbocycles. The van der Waals surface area contributed by atoms with Crippen molar-refractivity contribution in [1.82, 2.24) is 5.32 Å². The van der Waals surface area contributed by atoms with Crippen molar-refractivity contribution in [2.75, 3.05) is 6.54 Å². The highest BCUT2D eigenvalue weighted by molar-refractivity contribution is 7.10. The topological polar surface area (TPSA) is 25.2 Å². The van der Waals surface area contributed by atoms with Crippen LogP contribution in [0.5, 0.6) is 0 Å². The second-order valence-corrected chi connectivity index (χ2v) is 5.35. The third-order valence-corrected chi connectivity index (χ3v) is 4.13. The molecule has 1 N–H and O–H groups in total. The van der Waals surface area contributed by atoms with Gasteiger partial charge in [0.05, 0.1) is 11.1 Å². The predicted molar refractivity (Wildman–Crippen MR) is 73.0 cm³/mol. The highest BCUT2D eigenvalue weighted by Crippen LogP contribution is 2.35. The van der Waals surface area contributed by atoms with Gasteiger partial charge in [0, 0.05) is 10.4 Å². The molecule has 0 aliphatic rings. The van der Waals surface area contributed by atoms with E-state index in [1.807, 2.05) is 25.3 Å². The van der Waals surface area contributed by atoms with Crippen LogP contribution in [-0.4, -0.2) is 6.54 Å². The van der Waals surface area contributed by atoms with Crippen molar-refractivity contribution in [3.63, 3.8) is 0 Å². The maximum absolute atomic E-state index is 6.22. The van der Waals surface area contributed by atoms with Crippen molar-refractivity contribution in [1.29, 1.82) is 0 Å². The molecular formula is C13H16ClNOS. The van der Waals surface area contributed by atoms with Gasteiger partial charge in [-0.2, -0.15) is 0 Å². The first-order chi connectivity index (χ1) is 8.13. The Kier molecular flexibility index (Phi) is 3.92. The fourth-order valence-corrected chi connectivity index (χ4v) is 3.25. The van der Waals surface area contributed by atoms with Gasteiger partial charge in [0.25, 0.3) is 0 Å². The van der Waals surface area contributed by atoms with Crippen LogP contribution in [0, 0.1) is 13.8 Å². The highest BCUT2D eigenvalue weighted by Gasteiger charge is 2.21. The normalized spacial score (nSPS) is 12.9. The van der Waals surface area contributed by atoms with Crippen molar-refractivity contribution in [2.45, 2.75) is 26.8 Å². The lowest BCUT2D eigenvalue weighted by Gasteiger charge is -2.16. The van der Waals surface area contributed by atoms with E-state index in [9.17, 15) is 0 Å². The summed E-state index contributed by atoms with van der Waals surface area (Å²) in [6.45, 7) is 6.95. The van der Waals surface area contributed by atoms with E-state index in [0.717, 1.165) is 28.0 Å². The molecule has 2 rings (SSSR count). The van der Waals surface area contributed by atoms with Gasteiger partial charge in [0.1, 0.15) is 11.5 Å². The van der Waals surface area contributed by atoms with Crippen molar-refractivity contribution in [3.05, 3.63) is 44.5 Å². The Morgan fingerprint density at radius 1 is 1.47 bits per heavy atom. The molecule has 92 valence electrons. The summed E-state index contributed by atoms with van der Waals surface area (Å²) in [5, 5.41) is 6.30. The molecule has 2 heterocycles. The highest BCUT2D eigenvalue weighted by atomic mass is 35.5. The first-order valence-electron chi connectivity index (χ1n) is 5.66. The molecule has 0 aliphatic carbocycles. The molecule has 0 amide bonds. The number of rotatable bonds is 4. The first-order valence-corrected chi connectivity index (χ1v) is 6.92. The van der Waals surface area contributed by atoms with E-state index in [0.29, 0.717) is 0 Å². The SMILES string of the molecule is CCNC(c1cc(C)oc1C)c1sccc1Cl. The Balaban J connectivity index is 2.42. The number of halogens is 1. The molecule has 4 heteroatoms. The molecule has 0 bridgehead atoms. The Hall–Kier alpha value is -0.770. The number of hydrogen-bond donors (Lipinski definition) is 1. The van der Waals surface area contributed by atoms with Crippen molar-refractivity contribution >= 4 is 22.9 Å². The summed E-state index contributed by atoms with van der Waals surface area (Å²) < 4.78 is 5.60. The molecule has 0 saturated carbocycles. The maximum Gasteiger partial charge on any atom is 0.106 e. The Morgan fingerprint density at radius 3 is 2.71 bits per heavy atom. The van der Waals surface area contributed by atoms with E-state index in [-0.39, 0.29) is 6.04 Å². The molecule has 2 aromatic rings. The van der Waals surface area contributed by atoms with Gasteiger partial charge < -0.3 is 9.73 Å². The zero-order chi connectivity index (χ0) is 12.4. The molecule has 0 aliphatic heterocycles. The summed E-state index contributed by atoms with van der Waals surface area (Å²) in [5.41, 5.74) is 1.17. The summed E-state index contributed by atoms with van der Waals surface area (Å²) in [7, 11) is 0. The van der Waals surface area contributed by atoms with Crippen LogP contribution < -0.4 is 5.32 Å². The van der Waals surface area contributed by atoms with Crippen LogP contribution in [-0.2, 0) is 0 Å².